The quantitative estimate of drug-likeness (QED) is 0.203. The molecule has 43 heavy (non-hydrogen) atoms. The van der Waals surface area contributed by atoms with E-state index >= 15 is 0 Å². The van der Waals surface area contributed by atoms with Crippen molar-refractivity contribution in [1.82, 2.24) is 19.4 Å². The molecule has 1 aromatic heterocycles. The van der Waals surface area contributed by atoms with E-state index in [9.17, 15) is 9.59 Å². The maximum absolute atomic E-state index is 13.0. The number of likely N-dealkylation sites (tertiary alicyclic amines) is 1. The van der Waals surface area contributed by atoms with E-state index in [1.807, 2.05) is 89.5 Å². The highest BCUT2D eigenvalue weighted by atomic mass is 16.6. The molecular weight excluding hydrogens is 540 g/mol. The van der Waals surface area contributed by atoms with Crippen LogP contribution in [0.2, 0.25) is 0 Å². The van der Waals surface area contributed by atoms with Crippen molar-refractivity contribution in [3.63, 3.8) is 0 Å². The van der Waals surface area contributed by atoms with Crippen molar-refractivity contribution in [3.05, 3.63) is 131 Å². The molecule has 8 nitrogen and oxygen atoms in total. The number of amides is 1. The van der Waals surface area contributed by atoms with Gasteiger partial charge in [0.05, 0.1) is 11.0 Å². The van der Waals surface area contributed by atoms with Crippen molar-refractivity contribution < 1.29 is 14.3 Å². The van der Waals surface area contributed by atoms with Gasteiger partial charge in [-0.2, -0.15) is 0 Å². The number of imidazole rings is 1. The number of hydrogen-bond acceptors (Lipinski definition) is 5. The van der Waals surface area contributed by atoms with Gasteiger partial charge in [0.1, 0.15) is 18.1 Å². The SMILES string of the molecule is O=C(OCCN(Cc1ccccc1)Cc1ccc(Oc2ccccc2)cc1)N1CCC(n2c(=O)[nH]c3ccccc32)CC1. The van der Waals surface area contributed by atoms with E-state index in [4.69, 9.17) is 9.47 Å². The number of nitrogens with zero attached hydrogens (tertiary/aromatic N) is 3. The van der Waals surface area contributed by atoms with Gasteiger partial charge in [-0.3, -0.25) is 9.47 Å². The summed E-state index contributed by atoms with van der Waals surface area (Å²) in [6, 6.07) is 35.9. The Balaban J connectivity index is 1.02. The largest absolute Gasteiger partial charge is 0.457 e. The summed E-state index contributed by atoms with van der Waals surface area (Å²) >= 11 is 0. The molecule has 220 valence electrons. The topological polar surface area (TPSA) is 79.8 Å². The fraction of sp³-hybridized carbons (Fsp3) is 0.257. The molecule has 1 amide bonds. The summed E-state index contributed by atoms with van der Waals surface area (Å²) in [5, 5.41) is 0. The lowest BCUT2D eigenvalue weighted by Crippen LogP contribution is -2.41. The predicted molar refractivity (Wildman–Crippen MR) is 167 cm³/mol. The van der Waals surface area contributed by atoms with Gasteiger partial charge in [0.2, 0.25) is 0 Å². The summed E-state index contributed by atoms with van der Waals surface area (Å²) in [7, 11) is 0. The van der Waals surface area contributed by atoms with Crippen LogP contribution in [-0.2, 0) is 17.8 Å². The zero-order chi connectivity index (χ0) is 29.4. The highest BCUT2D eigenvalue weighted by Gasteiger charge is 2.27. The number of benzene rings is 4. The minimum atomic E-state index is -0.299. The van der Waals surface area contributed by atoms with Crippen molar-refractivity contribution in [2.24, 2.45) is 0 Å². The Labute approximate surface area is 251 Å². The average Bonchev–Trinajstić information content (AvgIpc) is 3.38. The minimum Gasteiger partial charge on any atom is -0.457 e. The van der Waals surface area contributed by atoms with Crippen molar-refractivity contribution in [1.29, 1.82) is 0 Å². The zero-order valence-electron chi connectivity index (χ0n) is 24.1. The van der Waals surface area contributed by atoms with Crippen LogP contribution >= 0.6 is 0 Å². The number of carbonyl (C=O) groups excluding carboxylic acids is 1. The Kier molecular flexibility index (Phi) is 8.85. The molecule has 0 unspecified atom stereocenters. The first kappa shape index (κ1) is 28.3. The Morgan fingerprint density at radius 1 is 0.767 bits per heavy atom. The first-order chi connectivity index (χ1) is 21.1. The molecule has 6 rings (SSSR count). The van der Waals surface area contributed by atoms with Gasteiger partial charge in [-0.25, -0.2) is 9.59 Å². The molecule has 0 atom stereocenters. The first-order valence-electron chi connectivity index (χ1n) is 14.8. The van der Waals surface area contributed by atoms with Crippen LogP contribution in [0.15, 0.2) is 114 Å². The van der Waals surface area contributed by atoms with E-state index in [1.165, 1.54) is 5.56 Å². The van der Waals surface area contributed by atoms with Gasteiger partial charge in [-0.1, -0.05) is 72.8 Å². The number of ether oxygens (including phenoxy) is 2. The number of piperidine rings is 1. The predicted octanol–water partition coefficient (Wildman–Crippen LogP) is 6.60. The monoisotopic (exact) mass is 576 g/mol. The van der Waals surface area contributed by atoms with E-state index < -0.39 is 0 Å². The molecule has 8 heteroatoms. The molecule has 0 radical (unpaired) electrons. The van der Waals surface area contributed by atoms with Crippen LogP contribution in [0.4, 0.5) is 4.79 Å². The van der Waals surface area contributed by atoms with Gasteiger partial charge in [0, 0.05) is 38.8 Å². The molecule has 2 heterocycles. The zero-order valence-corrected chi connectivity index (χ0v) is 24.1. The second kappa shape index (κ2) is 13.4. The number of aromatic nitrogens is 2. The van der Waals surface area contributed by atoms with Crippen molar-refractivity contribution in [3.8, 4) is 11.5 Å². The van der Waals surface area contributed by atoms with Gasteiger partial charge in [0.15, 0.2) is 0 Å². The highest BCUT2D eigenvalue weighted by molar-refractivity contribution is 5.75. The number of para-hydroxylation sites is 3. The molecule has 1 fully saturated rings. The second-order valence-corrected chi connectivity index (χ2v) is 10.9. The van der Waals surface area contributed by atoms with Crippen LogP contribution in [0.1, 0.15) is 30.0 Å². The van der Waals surface area contributed by atoms with E-state index in [0.29, 0.717) is 45.6 Å². The Bertz CT molecular complexity index is 1670. The van der Waals surface area contributed by atoms with Crippen LogP contribution in [0, 0.1) is 0 Å². The molecule has 1 N–H and O–H groups in total. The third kappa shape index (κ3) is 7.16. The van der Waals surface area contributed by atoms with Gasteiger partial charge >= 0.3 is 11.8 Å². The molecule has 1 aliphatic rings. The van der Waals surface area contributed by atoms with Crippen LogP contribution in [0.3, 0.4) is 0 Å². The second-order valence-electron chi connectivity index (χ2n) is 10.9. The van der Waals surface area contributed by atoms with Crippen molar-refractivity contribution >= 4 is 17.1 Å². The number of aromatic amines is 1. The van der Waals surface area contributed by atoms with Crippen molar-refractivity contribution in [2.75, 3.05) is 26.2 Å². The lowest BCUT2D eigenvalue weighted by atomic mass is 10.0. The van der Waals surface area contributed by atoms with Gasteiger partial charge < -0.3 is 19.4 Å². The van der Waals surface area contributed by atoms with Crippen LogP contribution in [-0.4, -0.2) is 51.7 Å². The van der Waals surface area contributed by atoms with Crippen LogP contribution in [0.25, 0.3) is 11.0 Å². The molecule has 0 saturated carbocycles. The third-order valence-corrected chi connectivity index (χ3v) is 7.90. The number of H-pyrrole nitrogens is 1. The van der Waals surface area contributed by atoms with E-state index in [1.54, 1.807) is 4.90 Å². The fourth-order valence-corrected chi connectivity index (χ4v) is 5.70. The van der Waals surface area contributed by atoms with E-state index in [2.05, 4.69) is 34.1 Å². The lowest BCUT2D eigenvalue weighted by molar-refractivity contribution is 0.0769. The molecule has 0 spiro atoms. The van der Waals surface area contributed by atoms with Crippen LogP contribution in [0.5, 0.6) is 11.5 Å². The number of fused-ring (bicyclic) bond motifs is 1. The molecule has 5 aromatic rings. The normalized spacial score (nSPS) is 13.8. The summed E-state index contributed by atoms with van der Waals surface area (Å²) < 4.78 is 13.5. The number of nitrogens with one attached hydrogen (secondary N) is 1. The smallest absolute Gasteiger partial charge is 0.409 e. The average molecular weight is 577 g/mol. The summed E-state index contributed by atoms with van der Waals surface area (Å²) in [5.74, 6) is 1.59. The van der Waals surface area contributed by atoms with Gasteiger partial charge in [-0.15, -0.1) is 0 Å². The Hall–Kier alpha value is -4.82. The summed E-state index contributed by atoms with van der Waals surface area (Å²) in [6.45, 7) is 3.46. The summed E-state index contributed by atoms with van der Waals surface area (Å²) in [4.78, 5) is 32.5. The molecule has 1 saturated heterocycles. The Morgan fingerprint density at radius 3 is 2.09 bits per heavy atom. The molecule has 1 aliphatic heterocycles. The maximum Gasteiger partial charge on any atom is 0.409 e. The molecular formula is C35H36N4O4. The summed E-state index contributed by atoms with van der Waals surface area (Å²) in [6.07, 6.45) is 1.12. The van der Waals surface area contributed by atoms with Crippen LogP contribution < -0.4 is 10.4 Å². The molecule has 0 aliphatic carbocycles. The number of carbonyl (C=O) groups is 1. The molecule has 4 aromatic carbocycles. The first-order valence-corrected chi connectivity index (χ1v) is 14.8. The minimum absolute atomic E-state index is 0.0542. The van der Waals surface area contributed by atoms with E-state index in [-0.39, 0.29) is 17.8 Å². The fourth-order valence-electron chi connectivity index (χ4n) is 5.70. The van der Waals surface area contributed by atoms with Gasteiger partial charge in [-0.05, 0) is 60.4 Å². The molecule has 0 bridgehead atoms. The maximum atomic E-state index is 13.0. The Morgan fingerprint density at radius 2 is 1.37 bits per heavy atom. The highest BCUT2D eigenvalue weighted by Crippen LogP contribution is 2.25. The summed E-state index contributed by atoms with van der Waals surface area (Å²) in [5.41, 5.74) is 4.00. The van der Waals surface area contributed by atoms with Gasteiger partial charge in [0.25, 0.3) is 0 Å². The standard InChI is InChI=1S/C35H36N4O4/c40-34-36-32-13-7-8-14-33(32)39(34)29-19-21-38(22-20-29)35(41)42-24-23-37(25-27-9-3-1-4-10-27)26-28-15-17-31(18-16-28)43-30-11-5-2-6-12-30/h1-18,29H,19-26H2,(H,36,40). The lowest BCUT2D eigenvalue weighted by Gasteiger charge is -2.32. The van der Waals surface area contributed by atoms with E-state index in [0.717, 1.165) is 34.6 Å². The van der Waals surface area contributed by atoms with Crippen molar-refractivity contribution in [2.45, 2.75) is 32.0 Å². The number of rotatable bonds is 10. The number of hydrogen-bond donors (Lipinski definition) is 1. The third-order valence-electron chi connectivity index (χ3n) is 7.90.